The van der Waals surface area contributed by atoms with Crippen molar-refractivity contribution in [2.24, 2.45) is 0 Å². The van der Waals surface area contributed by atoms with Gasteiger partial charge in [0.1, 0.15) is 0 Å². The van der Waals surface area contributed by atoms with Crippen LogP contribution in [0.5, 0.6) is 0 Å². The fourth-order valence-electron chi connectivity index (χ4n) is 2.04. The lowest BCUT2D eigenvalue weighted by atomic mass is 10.3. The fourth-order valence-corrected chi connectivity index (χ4v) is 3.88. The van der Waals surface area contributed by atoms with Crippen LogP contribution in [0.3, 0.4) is 0 Å². The summed E-state index contributed by atoms with van der Waals surface area (Å²) >= 11 is 3.53. The fraction of sp³-hybridized carbons (Fsp3) is 0.500. The topological polar surface area (TPSA) is 42.2 Å². The van der Waals surface area contributed by atoms with Crippen LogP contribution in [0.25, 0.3) is 10.2 Å². The number of rotatable bonds is 6. The van der Waals surface area contributed by atoms with E-state index in [1.165, 1.54) is 4.70 Å². The quantitative estimate of drug-likeness (QED) is 0.653. The Morgan fingerprint density at radius 2 is 2.05 bits per heavy atom. The van der Waals surface area contributed by atoms with E-state index >= 15 is 0 Å². The normalized spacial score (nSPS) is 11.6. The summed E-state index contributed by atoms with van der Waals surface area (Å²) in [4.78, 5) is 8.11. The van der Waals surface area contributed by atoms with Gasteiger partial charge in [0.25, 0.3) is 0 Å². The molecular formula is C14H21N3S2. The molecule has 19 heavy (non-hydrogen) atoms. The van der Waals surface area contributed by atoms with E-state index in [0.29, 0.717) is 0 Å². The SMILES string of the molecule is CCN(CC)CCSc1cc2nc(C)sc2cc1N. The zero-order valence-corrected chi connectivity index (χ0v) is 13.4. The maximum absolute atomic E-state index is 6.12. The van der Waals surface area contributed by atoms with E-state index < -0.39 is 0 Å². The number of hydrogen-bond acceptors (Lipinski definition) is 5. The smallest absolute Gasteiger partial charge is 0.0907 e. The second kappa shape index (κ2) is 6.59. The number of nitrogens with zero attached hydrogens (tertiary/aromatic N) is 2. The molecule has 5 heteroatoms. The summed E-state index contributed by atoms with van der Waals surface area (Å²) in [5.41, 5.74) is 8.07. The Morgan fingerprint density at radius 3 is 2.74 bits per heavy atom. The Hall–Kier alpha value is -0.780. The number of nitrogens with two attached hydrogens (primary N) is 1. The van der Waals surface area contributed by atoms with Crippen molar-refractivity contribution in [2.45, 2.75) is 25.7 Å². The maximum atomic E-state index is 6.12. The average Bonchev–Trinajstić information content (AvgIpc) is 2.74. The van der Waals surface area contributed by atoms with E-state index in [2.05, 4.69) is 35.9 Å². The van der Waals surface area contributed by atoms with Gasteiger partial charge in [-0.1, -0.05) is 13.8 Å². The standard InChI is InChI=1S/C14H21N3S2/c1-4-17(5-2)6-7-18-13-9-12-14(8-11(13)15)19-10(3)16-12/h8-9H,4-7,15H2,1-3H3. The van der Waals surface area contributed by atoms with Crippen LogP contribution in [0.4, 0.5) is 5.69 Å². The average molecular weight is 295 g/mol. The molecule has 2 rings (SSSR count). The molecule has 2 aromatic rings. The molecule has 104 valence electrons. The molecule has 0 spiro atoms. The molecular weight excluding hydrogens is 274 g/mol. The highest BCUT2D eigenvalue weighted by Gasteiger charge is 2.07. The van der Waals surface area contributed by atoms with Gasteiger partial charge in [0, 0.05) is 22.9 Å². The Labute approximate surface area is 123 Å². The first-order chi connectivity index (χ1) is 9.13. The Balaban J connectivity index is 2.05. The first-order valence-electron chi connectivity index (χ1n) is 6.65. The van der Waals surface area contributed by atoms with Gasteiger partial charge in [0.2, 0.25) is 0 Å². The summed E-state index contributed by atoms with van der Waals surface area (Å²) in [6.07, 6.45) is 0. The van der Waals surface area contributed by atoms with Crippen molar-refractivity contribution in [1.29, 1.82) is 0 Å². The predicted molar refractivity (Wildman–Crippen MR) is 87.3 cm³/mol. The highest BCUT2D eigenvalue weighted by molar-refractivity contribution is 7.99. The van der Waals surface area contributed by atoms with E-state index in [4.69, 9.17) is 5.73 Å². The second-order valence-electron chi connectivity index (χ2n) is 4.47. The van der Waals surface area contributed by atoms with Gasteiger partial charge in [-0.05, 0) is 32.1 Å². The van der Waals surface area contributed by atoms with Crippen LogP contribution in [0, 0.1) is 6.92 Å². The minimum absolute atomic E-state index is 0.876. The van der Waals surface area contributed by atoms with Crippen molar-refractivity contribution in [3.8, 4) is 0 Å². The molecule has 0 fully saturated rings. The number of anilines is 1. The number of aryl methyl sites for hydroxylation is 1. The predicted octanol–water partition coefficient (Wildman–Crippen LogP) is 3.62. The molecule has 2 N–H and O–H groups in total. The summed E-state index contributed by atoms with van der Waals surface area (Å²) in [5.74, 6) is 1.07. The van der Waals surface area contributed by atoms with Gasteiger partial charge in [0.05, 0.1) is 15.2 Å². The molecule has 0 radical (unpaired) electrons. The number of aromatic nitrogens is 1. The molecule has 0 saturated heterocycles. The van der Waals surface area contributed by atoms with Crippen molar-refractivity contribution < 1.29 is 0 Å². The third kappa shape index (κ3) is 3.61. The molecule has 3 nitrogen and oxygen atoms in total. The van der Waals surface area contributed by atoms with Gasteiger partial charge >= 0.3 is 0 Å². The first-order valence-corrected chi connectivity index (χ1v) is 8.46. The van der Waals surface area contributed by atoms with Crippen molar-refractivity contribution in [1.82, 2.24) is 9.88 Å². The molecule has 0 unspecified atom stereocenters. The molecule has 0 aliphatic carbocycles. The van der Waals surface area contributed by atoms with Crippen LogP contribution in [-0.2, 0) is 0 Å². The van der Waals surface area contributed by atoms with E-state index in [-0.39, 0.29) is 0 Å². The molecule has 1 heterocycles. The number of hydrogen-bond donors (Lipinski definition) is 1. The molecule has 0 aliphatic heterocycles. The number of fused-ring (bicyclic) bond motifs is 1. The highest BCUT2D eigenvalue weighted by Crippen LogP contribution is 2.32. The minimum Gasteiger partial charge on any atom is -0.398 e. The first kappa shape index (κ1) is 14.6. The van der Waals surface area contributed by atoms with Gasteiger partial charge in [-0.2, -0.15) is 0 Å². The zero-order valence-electron chi connectivity index (χ0n) is 11.8. The van der Waals surface area contributed by atoms with Gasteiger partial charge in [0.15, 0.2) is 0 Å². The van der Waals surface area contributed by atoms with Crippen LogP contribution in [-0.4, -0.2) is 35.3 Å². The molecule has 0 aliphatic rings. The van der Waals surface area contributed by atoms with E-state index in [0.717, 1.165) is 46.5 Å². The number of thiazole rings is 1. The highest BCUT2D eigenvalue weighted by atomic mass is 32.2. The molecule has 0 bridgehead atoms. The summed E-state index contributed by atoms with van der Waals surface area (Å²) in [6, 6.07) is 4.18. The third-order valence-corrected chi connectivity index (χ3v) is 5.17. The summed E-state index contributed by atoms with van der Waals surface area (Å²) < 4.78 is 1.18. The summed E-state index contributed by atoms with van der Waals surface area (Å²) in [7, 11) is 0. The van der Waals surface area contributed by atoms with E-state index in [1.807, 2.05) is 18.7 Å². The van der Waals surface area contributed by atoms with Crippen molar-refractivity contribution in [3.63, 3.8) is 0 Å². The van der Waals surface area contributed by atoms with Crippen molar-refractivity contribution in [3.05, 3.63) is 17.1 Å². The Morgan fingerprint density at radius 1 is 1.32 bits per heavy atom. The van der Waals surface area contributed by atoms with Crippen LogP contribution >= 0.6 is 23.1 Å². The summed E-state index contributed by atoms with van der Waals surface area (Å²) in [5, 5.41) is 1.10. The van der Waals surface area contributed by atoms with Crippen LogP contribution in [0.1, 0.15) is 18.9 Å². The van der Waals surface area contributed by atoms with E-state index in [1.54, 1.807) is 11.3 Å². The van der Waals surface area contributed by atoms with Crippen molar-refractivity contribution >= 4 is 39.0 Å². The molecule has 0 atom stereocenters. The largest absolute Gasteiger partial charge is 0.398 e. The number of benzene rings is 1. The van der Waals surface area contributed by atoms with Gasteiger partial charge in [-0.15, -0.1) is 23.1 Å². The minimum atomic E-state index is 0.876. The zero-order chi connectivity index (χ0) is 13.8. The van der Waals surface area contributed by atoms with Crippen LogP contribution < -0.4 is 5.73 Å². The number of thioether (sulfide) groups is 1. The Bertz CT molecular complexity index is 547. The number of nitrogen functional groups attached to an aromatic ring is 1. The maximum Gasteiger partial charge on any atom is 0.0907 e. The lowest BCUT2D eigenvalue weighted by molar-refractivity contribution is 0.324. The lowest BCUT2D eigenvalue weighted by Crippen LogP contribution is -2.25. The molecule has 1 aromatic heterocycles. The Kier molecular flexibility index (Phi) is 5.07. The van der Waals surface area contributed by atoms with Crippen LogP contribution in [0.15, 0.2) is 17.0 Å². The van der Waals surface area contributed by atoms with Crippen molar-refractivity contribution in [2.75, 3.05) is 31.1 Å². The second-order valence-corrected chi connectivity index (χ2v) is 6.84. The monoisotopic (exact) mass is 295 g/mol. The summed E-state index contributed by atoms with van der Waals surface area (Å²) in [6.45, 7) is 9.76. The van der Waals surface area contributed by atoms with Gasteiger partial charge in [-0.25, -0.2) is 4.98 Å². The lowest BCUT2D eigenvalue weighted by Gasteiger charge is -2.17. The molecule has 0 amide bonds. The van der Waals surface area contributed by atoms with Gasteiger partial charge in [-0.3, -0.25) is 0 Å². The third-order valence-electron chi connectivity index (χ3n) is 3.19. The molecule has 1 aromatic carbocycles. The van der Waals surface area contributed by atoms with E-state index in [9.17, 15) is 0 Å². The van der Waals surface area contributed by atoms with Gasteiger partial charge < -0.3 is 10.6 Å². The molecule has 0 saturated carbocycles. The van der Waals surface area contributed by atoms with Crippen LogP contribution in [0.2, 0.25) is 0 Å².